The van der Waals surface area contributed by atoms with Crippen molar-refractivity contribution in [1.82, 2.24) is 0 Å². The summed E-state index contributed by atoms with van der Waals surface area (Å²) in [7, 11) is 1.58. The van der Waals surface area contributed by atoms with Gasteiger partial charge < -0.3 is 15.8 Å². The van der Waals surface area contributed by atoms with Crippen LogP contribution >= 0.6 is 11.6 Å². The van der Waals surface area contributed by atoms with Crippen molar-refractivity contribution in [3.63, 3.8) is 0 Å². The number of carbonyl (C=O) groups is 1. The van der Waals surface area contributed by atoms with Crippen molar-refractivity contribution in [1.29, 1.82) is 0 Å². The van der Waals surface area contributed by atoms with Crippen LogP contribution in [0, 0.1) is 0 Å². The molecule has 0 aromatic heterocycles. The highest BCUT2D eigenvalue weighted by atomic mass is 35.5. The molecular weight excluding hydrogens is 276 g/mol. The number of nitrogen functional groups attached to an aromatic ring is 1. The molecule has 0 unspecified atom stereocenters. The monoisotopic (exact) mass is 290 g/mol. The first-order chi connectivity index (χ1) is 9.60. The highest BCUT2D eigenvalue weighted by Crippen LogP contribution is 2.23. The summed E-state index contributed by atoms with van der Waals surface area (Å²) in [4.78, 5) is 12.0. The van der Waals surface area contributed by atoms with Crippen molar-refractivity contribution in [2.45, 2.75) is 6.42 Å². The normalized spacial score (nSPS) is 10.1. The van der Waals surface area contributed by atoms with Crippen molar-refractivity contribution in [2.75, 3.05) is 18.2 Å². The first kappa shape index (κ1) is 14.2. The van der Waals surface area contributed by atoms with Crippen LogP contribution in [0.3, 0.4) is 0 Å². The lowest BCUT2D eigenvalue weighted by Crippen LogP contribution is -2.15. The Kier molecular flexibility index (Phi) is 4.48. The van der Waals surface area contributed by atoms with Gasteiger partial charge in [-0.05, 0) is 24.3 Å². The Morgan fingerprint density at radius 2 is 2.05 bits per heavy atom. The summed E-state index contributed by atoms with van der Waals surface area (Å²) in [6.45, 7) is 0. The van der Waals surface area contributed by atoms with Gasteiger partial charge in [0.2, 0.25) is 5.91 Å². The second-order valence-electron chi connectivity index (χ2n) is 4.27. The zero-order valence-electron chi connectivity index (χ0n) is 11.0. The quantitative estimate of drug-likeness (QED) is 0.850. The Hall–Kier alpha value is -2.20. The van der Waals surface area contributed by atoms with Gasteiger partial charge >= 0.3 is 0 Å². The fourth-order valence-electron chi connectivity index (χ4n) is 1.85. The summed E-state index contributed by atoms with van der Waals surface area (Å²) < 4.78 is 5.21. The molecule has 0 spiro atoms. The van der Waals surface area contributed by atoms with Gasteiger partial charge in [0, 0.05) is 11.3 Å². The molecule has 20 heavy (non-hydrogen) atoms. The predicted molar refractivity (Wildman–Crippen MR) is 81.2 cm³/mol. The van der Waals surface area contributed by atoms with Crippen molar-refractivity contribution in [3.8, 4) is 5.75 Å². The fraction of sp³-hybridized carbons (Fsp3) is 0.133. The number of nitrogens with two attached hydrogens (primary N) is 1. The topological polar surface area (TPSA) is 64.3 Å². The van der Waals surface area contributed by atoms with Crippen LogP contribution in [0.1, 0.15) is 5.56 Å². The molecule has 2 aromatic carbocycles. The molecule has 0 aliphatic rings. The molecule has 0 saturated carbocycles. The van der Waals surface area contributed by atoms with E-state index in [4.69, 9.17) is 22.1 Å². The first-order valence-corrected chi connectivity index (χ1v) is 6.44. The Balaban J connectivity index is 2.07. The lowest BCUT2D eigenvalue weighted by molar-refractivity contribution is -0.115. The molecule has 0 aliphatic carbocycles. The number of methoxy groups -OCH3 is 1. The Morgan fingerprint density at radius 3 is 2.75 bits per heavy atom. The zero-order valence-corrected chi connectivity index (χ0v) is 11.8. The minimum atomic E-state index is -0.142. The molecule has 0 atom stereocenters. The number of amides is 1. The number of hydrogen-bond acceptors (Lipinski definition) is 3. The van der Waals surface area contributed by atoms with E-state index in [1.165, 1.54) is 0 Å². The van der Waals surface area contributed by atoms with E-state index in [-0.39, 0.29) is 12.3 Å². The predicted octanol–water partition coefficient (Wildman–Crippen LogP) is 3.11. The van der Waals surface area contributed by atoms with Crippen LogP contribution in [0.15, 0.2) is 42.5 Å². The van der Waals surface area contributed by atoms with Gasteiger partial charge in [-0.15, -0.1) is 0 Å². The van der Waals surface area contributed by atoms with E-state index in [1.54, 1.807) is 25.3 Å². The van der Waals surface area contributed by atoms with Gasteiger partial charge in [-0.2, -0.15) is 0 Å². The maximum Gasteiger partial charge on any atom is 0.228 e. The molecule has 5 heteroatoms. The Morgan fingerprint density at radius 1 is 1.30 bits per heavy atom. The number of halogens is 1. The lowest BCUT2D eigenvalue weighted by atomic mass is 10.1. The smallest absolute Gasteiger partial charge is 0.228 e. The Labute approximate surface area is 122 Å². The molecule has 3 N–H and O–H groups in total. The van der Waals surface area contributed by atoms with E-state index < -0.39 is 0 Å². The summed E-state index contributed by atoms with van der Waals surface area (Å²) in [6.07, 6.45) is 0.229. The van der Waals surface area contributed by atoms with E-state index in [0.29, 0.717) is 22.1 Å². The molecule has 2 rings (SSSR count). The summed E-state index contributed by atoms with van der Waals surface area (Å²) in [5.41, 5.74) is 7.57. The molecule has 0 saturated heterocycles. The minimum Gasteiger partial charge on any atom is -0.496 e. The maximum absolute atomic E-state index is 12.0. The molecule has 0 bridgehead atoms. The van der Waals surface area contributed by atoms with Crippen molar-refractivity contribution in [2.24, 2.45) is 0 Å². The number of benzene rings is 2. The molecular formula is C15H15ClN2O2. The third kappa shape index (κ3) is 3.42. The molecule has 1 amide bonds. The molecule has 0 radical (unpaired) electrons. The highest BCUT2D eigenvalue weighted by Gasteiger charge is 2.09. The van der Waals surface area contributed by atoms with Gasteiger partial charge in [-0.3, -0.25) is 4.79 Å². The van der Waals surface area contributed by atoms with Gasteiger partial charge in [-0.1, -0.05) is 29.8 Å². The summed E-state index contributed by atoms with van der Waals surface area (Å²) in [5.74, 6) is 0.550. The average molecular weight is 291 g/mol. The fourth-order valence-corrected chi connectivity index (χ4v) is 1.97. The third-order valence-corrected chi connectivity index (χ3v) is 3.17. The summed E-state index contributed by atoms with van der Waals surface area (Å²) in [6, 6.07) is 12.4. The molecule has 2 aromatic rings. The number of ether oxygens (including phenoxy) is 1. The van der Waals surface area contributed by atoms with E-state index in [2.05, 4.69) is 5.32 Å². The van der Waals surface area contributed by atoms with Gasteiger partial charge in [-0.25, -0.2) is 0 Å². The number of rotatable bonds is 4. The van der Waals surface area contributed by atoms with Crippen LogP contribution < -0.4 is 15.8 Å². The number of nitrogens with one attached hydrogen (secondary N) is 1. The van der Waals surface area contributed by atoms with Crippen LogP contribution in [0.2, 0.25) is 5.02 Å². The molecule has 0 fully saturated rings. The summed E-state index contributed by atoms with van der Waals surface area (Å²) >= 11 is 5.83. The number of hydrogen-bond donors (Lipinski definition) is 2. The number of carbonyl (C=O) groups excluding carboxylic acids is 1. The number of para-hydroxylation sites is 1. The standard InChI is InChI=1S/C15H15ClN2O2/c1-20-14-5-3-2-4-10(14)8-15(19)18-11-6-7-12(16)13(17)9-11/h2-7,9H,8,17H2,1H3,(H,18,19). The van der Waals surface area contributed by atoms with Crippen LogP contribution in [0.5, 0.6) is 5.75 Å². The van der Waals surface area contributed by atoms with Crippen molar-refractivity contribution >= 4 is 28.9 Å². The van der Waals surface area contributed by atoms with Gasteiger partial charge in [0.1, 0.15) is 5.75 Å². The lowest BCUT2D eigenvalue weighted by Gasteiger charge is -2.09. The van der Waals surface area contributed by atoms with E-state index in [1.807, 2.05) is 24.3 Å². The van der Waals surface area contributed by atoms with E-state index in [0.717, 1.165) is 5.56 Å². The van der Waals surface area contributed by atoms with E-state index in [9.17, 15) is 4.79 Å². The maximum atomic E-state index is 12.0. The third-order valence-electron chi connectivity index (χ3n) is 2.82. The van der Waals surface area contributed by atoms with Crippen LogP contribution in [0.25, 0.3) is 0 Å². The SMILES string of the molecule is COc1ccccc1CC(=O)Nc1ccc(Cl)c(N)c1. The van der Waals surface area contributed by atoms with Crippen molar-refractivity contribution in [3.05, 3.63) is 53.1 Å². The molecule has 0 aliphatic heterocycles. The van der Waals surface area contributed by atoms with Crippen LogP contribution in [-0.2, 0) is 11.2 Å². The second-order valence-corrected chi connectivity index (χ2v) is 4.68. The van der Waals surface area contributed by atoms with E-state index >= 15 is 0 Å². The highest BCUT2D eigenvalue weighted by molar-refractivity contribution is 6.33. The van der Waals surface area contributed by atoms with Gasteiger partial charge in [0.15, 0.2) is 0 Å². The number of anilines is 2. The molecule has 0 heterocycles. The Bertz CT molecular complexity index is 629. The minimum absolute atomic E-state index is 0.142. The average Bonchev–Trinajstić information content (AvgIpc) is 2.43. The molecule has 4 nitrogen and oxygen atoms in total. The van der Waals surface area contributed by atoms with Crippen LogP contribution in [-0.4, -0.2) is 13.0 Å². The zero-order chi connectivity index (χ0) is 14.5. The van der Waals surface area contributed by atoms with Crippen molar-refractivity contribution < 1.29 is 9.53 Å². The second kappa shape index (κ2) is 6.30. The van der Waals surface area contributed by atoms with Gasteiger partial charge in [0.05, 0.1) is 24.2 Å². The molecule has 104 valence electrons. The van der Waals surface area contributed by atoms with Gasteiger partial charge in [0.25, 0.3) is 0 Å². The largest absolute Gasteiger partial charge is 0.496 e. The first-order valence-electron chi connectivity index (χ1n) is 6.07. The van der Waals surface area contributed by atoms with Crippen LogP contribution in [0.4, 0.5) is 11.4 Å². The summed E-state index contributed by atoms with van der Waals surface area (Å²) in [5, 5.41) is 3.24.